The normalized spacial score (nSPS) is 15.2. The summed E-state index contributed by atoms with van der Waals surface area (Å²) in [6.45, 7) is 5.32. The molecule has 0 bridgehead atoms. The first-order valence-electron chi connectivity index (χ1n) is 12.6. The lowest BCUT2D eigenvalue weighted by atomic mass is 10.00. The number of likely N-dealkylation sites (tertiary alicyclic amines) is 1. The lowest BCUT2D eigenvalue weighted by molar-refractivity contribution is -0.0273. The lowest BCUT2D eigenvalue weighted by Gasteiger charge is -2.34. The molecule has 1 heterocycles. The Morgan fingerprint density at radius 3 is 2.11 bits per heavy atom. The maximum absolute atomic E-state index is 11.7. The zero-order chi connectivity index (χ0) is 25.4. The Morgan fingerprint density at radius 2 is 1.53 bits per heavy atom. The third-order valence-electron chi connectivity index (χ3n) is 6.47. The first kappa shape index (κ1) is 26.2. The molecule has 6 nitrogen and oxygen atoms in total. The molecule has 0 spiro atoms. The molecule has 36 heavy (non-hydrogen) atoms. The Morgan fingerprint density at radius 1 is 0.917 bits per heavy atom. The monoisotopic (exact) mass is 508 g/mol. The van der Waals surface area contributed by atoms with Gasteiger partial charge in [-0.05, 0) is 48.9 Å². The number of piperidine rings is 1. The SMILES string of the molecule is Cc1cccc(OCCCN2CCC(OC(c3ccccc3)c3ccccc3)CC2)c1NS(C)(=O)=O. The van der Waals surface area contributed by atoms with Gasteiger partial charge >= 0.3 is 0 Å². The van der Waals surface area contributed by atoms with E-state index in [2.05, 4.69) is 58.2 Å². The van der Waals surface area contributed by atoms with E-state index in [-0.39, 0.29) is 12.2 Å². The maximum atomic E-state index is 11.7. The first-order valence-corrected chi connectivity index (χ1v) is 14.5. The second-order valence-corrected chi connectivity index (χ2v) is 11.2. The molecule has 1 aliphatic rings. The number of hydrogen-bond donors (Lipinski definition) is 1. The van der Waals surface area contributed by atoms with Crippen LogP contribution in [0.4, 0.5) is 5.69 Å². The van der Waals surface area contributed by atoms with Crippen molar-refractivity contribution in [3.05, 3.63) is 95.6 Å². The molecule has 0 saturated carbocycles. The standard InChI is InChI=1S/C29H36N2O4S/c1-23-11-9-16-27(28(23)30-36(2,32)33)34-22-10-19-31-20-17-26(18-21-31)35-29(24-12-5-3-6-13-24)25-14-7-4-8-15-25/h3-9,11-16,26,29-30H,10,17-22H2,1-2H3. The van der Waals surface area contributed by atoms with E-state index in [1.54, 1.807) is 6.07 Å². The summed E-state index contributed by atoms with van der Waals surface area (Å²) in [5.74, 6) is 0.570. The van der Waals surface area contributed by atoms with Crippen molar-refractivity contribution in [2.24, 2.45) is 0 Å². The average Bonchev–Trinajstić information content (AvgIpc) is 2.88. The molecule has 0 unspecified atom stereocenters. The van der Waals surface area contributed by atoms with E-state index in [1.807, 2.05) is 31.2 Å². The number of nitrogens with zero attached hydrogens (tertiary/aromatic N) is 1. The van der Waals surface area contributed by atoms with Crippen molar-refractivity contribution in [3.8, 4) is 5.75 Å². The van der Waals surface area contributed by atoms with Gasteiger partial charge in [0.25, 0.3) is 0 Å². The summed E-state index contributed by atoms with van der Waals surface area (Å²) in [6, 6.07) is 26.4. The van der Waals surface area contributed by atoms with Gasteiger partial charge in [0, 0.05) is 19.6 Å². The lowest BCUT2D eigenvalue weighted by Crippen LogP contribution is -2.38. The van der Waals surface area contributed by atoms with Crippen LogP contribution in [-0.2, 0) is 14.8 Å². The van der Waals surface area contributed by atoms with Crippen LogP contribution in [0.25, 0.3) is 0 Å². The fourth-order valence-corrected chi connectivity index (χ4v) is 5.25. The quantitative estimate of drug-likeness (QED) is 0.351. The molecule has 0 atom stereocenters. The largest absolute Gasteiger partial charge is 0.491 e. The van der Waals surface area contributed by atoms with Crippen molar-refractivity contribution in [1.29, 1.82) is 0 Å². The molecule has 3 aromatic rings. The summed E-state index contributed by atoms with van der Waals surface area (Å²) in [6.07, 6.45) is 4.18. The van der Waals surface area contributed by atoms with Gasteiger partial charge in [0.05, 0.1) is 24.7 Å². The van der Waals surface area contributed by atoms with Crippen LogP contribution in [0.15, 0.2) is 78.9 Å². The molecule has 1 saturated heterocycles. The predicted octanol–water partition coefficient (Wildman–Crippen LogP) is 5.41. The zero-order valence-corrected chi connectivity index (χ0v) is 21.9. The second kappa shape index (κ2) is 12.4. The summed E-state index contributed by atoms with van der Waals surface area (Å²) in [5.41, 5.74) is 3.72. The third-order valence-corrected chi connectivity index (χ3v) is 7.04. The molecule has 1 fully saturated rings. The number of hydrogen-bond acceptors (Lipinski definition) is 5. The van der Waals surface area contributed by atoms with E-state index in [4.69, 9.17) is 9.47 Å². The van der Waals surface area contributed by atoms with Gasteiger partial charge in [-0.2, -0.15) is 0 Å². The van der Waals surface area contributed by atoms with Crippen molar-refractivity contribution < 1.29 is 17.9 Å². The van der Waals surface area contributed by atoms with Crippen molar-refractivity contribution in [3.63, 3.8) is 0 Å². The molecule has 192 valence electrons. The highest BCUT2D eigenvalue weighted by Gasteiger charge is 2.24. The summed E-state index contributed by atoms with van der Waals surface area (Å²) < 4.78 is 38.6. The van der Waals surface area contributed by atoms with Gasteiger partial charge in [0.15, 0.2) is 0 Å². The van der Waals surface area contributed by atoms with Crippen LogP contribution in [0, 0.1) is 6.92 Å². The van der Waals surface area contributed by atoms with Gasteiger partial charge in [-0.25, -0.2) is 8.42 Å². The Labute approximate surface area is 215 Å². The van der Waals surface area contributed by atoms with Gasteiger partial charge in [-0.3, -0.25) is 4.72 Å². The number of para-hydroxylation sites is 1. The van der Waals surface area contributed by atoms with Gasteiger partial charge in [0.1, 0.15) is 11.9 Å². The van der Waals surface area contributed by atoms with Gasteiger partial charge in [-0.15, -0.1) is 0 Å². The summed E-state index contributed by atoms with van der Waals surface area (Å²) in [7, 11) is -3.37. The Hall–Kier alpha value is -2.87. The van der Waals surface area contributed by atoms with Crippen molar-refractivity contribution in [2.75, 3.05) is 37.2 Å². The second-order valence-electron chi connectivity index (χ2n) is 9.40. The minimum absolute atomic E-state index is 0.0542. The number of benzene rings is 3. The highest BCUT2D eigenvalue weighted by atomic mass is 32.2. The third kappa shape index (κ3) is 7.56. The van der Waals surface area contributed by atoms with Crippen LogP contribution < -0.4 is 9.46 Å². The van der Waals surface area contributed by atoms with E-state index < -0.39 is 10.0 Å². The van der Waals surface area contributed by atoms with Crippen molar-refractivity contribution in [2.45, 2.75) is 38.4 Å². The molecule has 1 aliphatic heterocycles. The fraction of sp³-hybridized carbons (Fsp3) is 0.379. The van der Waals surface area contributed by atoms with Crippen LogP contribution >= 0.6 is 0 Å². The van der Waals surface area contributed by atoms with E-state index in [9.17, 15) is 8.42 Å². The summed E-state index contributed by atoms with van der Waals surface area (Å²) in [4.78, 5) is 2.45. The molecular weight excluding hydrogens is 472 g/mol. The number of sulfonamides is 1. The predicted molar refractivity (Wildman–Crippen MR) is 145 cm³/mol. The minimum atomic E-state index is -3.37. The van der Waals surface area contributed by atoms with Crippen LogP contribution in [0.1, 0.15) is 42.1 Å². The topological polar surface area (TPSA) is 67.9 Å². The van der Waals surface area contributed by atoms with Crippen LogP contribution in [0.3, 0.4) is 0 Å². The number of aryl methyl sites for hydroxylation is 1. The summed E-state index contributed by atoms with van der Waals surface area (Å²) in [5, 5.41) is 0. The van der Waals surface area contributed by atoms with Crippen LogP contribution in [-0.4, -0.2) is 51.9 Å². The van der Waals surface area contributed by atoms with E-state index in [1.165, 1.54) is 11.1 Å². The highest BCUT2D eigenvalue weighted by Crippen LogP contribution is 2.31. The summed E-state index contributed by atoms with van der Waals surface area (Å²) >= 11 is 0. The molecule has 1 N–H and O–H groups in total. The number of nitrogens with one attached hydrogen (secondary N) is 1. The molecule has 3 aromatic carbocycles. The fourth-order valence-electron chi connectivity index (χ4n) is 4.61. The molecule has 0 radical (unpaired) electrons. The number of ether oxygens (including phenoxy) is 2. The first-order chi connectivity index (χ1) is 17.4. The van der Waals surface area contributed by atoms with Crippen LogP contribution in [0.5, 0.6) is 5.75 Å². The molecule has 0 amide bonds. The molecule has 4 rings (SSSR count). The molecule has 7 heteroatoms. The Balaban J connectivity index is 1.25. The molecule has 0 aliphatic carbocycles. The number of rotatable bonds is 11. The molecule has 0 aromatic heterocycles. The van der Waals surface area contributed by atoms with Crippen molar-refractivity contribution >= 4 is 15.7 Å². The van der Waals surface area contributed by atoms with Gasteiger partial charge < -0.3 is 14.4 Å². The van der Waals surface area contributed by atoms with Gasteiger partial charge in [0.2, 0.25) is 10.0 Å². The van der Waals surface area contributed by atoms with Gasteiger partial charge in [-0.1, -0.05) is 72.8 Å². The smallest absolute Gasteiger partial charge is 0.229 e. The average molecular weight is 509 g/mol. The van der Waals surface area contributed by atoms with Crippen LogP contribution in [0.2, 0.25) is 0 Å². The van der Waals surface area contributed by atoms with Crippen molar-refractivity contribution in [1.82, 2.24) is 4.90 Å². The number of anilines is 1. The minimum Gasteiger partial charge on any atom is -0.491 e. The maximum Gasteiger partial charge on any atom is 0.229 e. The Kier molecular flexibility index (Phi) is 9.02. The zero-order valence-electron chi connectivity index (χ0n) is 21.1. The highest BCUT2D eigenvalue weighted by molar-refractivity contribution is 7.92. The Bertz CT molecular complexity index is 1150. The van der Waals surface area contributed by atoms with E-state index >= 15 is 0 Å². The van der Waals surface area contributed by atoms with E-state index in [0.29, 0.717) is 18.0 Å². The molecular formula is C29H36N2O4S. The van der Waals surface area contributed by atoms with E-state index in [0.717, 1.165) is 50.7 Å².